The Labute approximate surface area is 225 Å². The predicted octanol–water partition coefficient (Wildman–Crippen LogP) is 3.31. The van der Waals surface area contributed by atoms with Crippen LogP contribution in [-0.4, -0.2) is 36.7 Å². The van der Waals surface area contributed by atoms with Gasteiger partial charge in [-0.15, -0.1) is 0 Å². The van der Waals surface area contributed by atoms with E-state index in [0.29, 0.717) is 39.5 Å². The second kappa shape index (κ2) is 9.75. The third-order valence-electron chi connectivity index (χ3n) is 6.45. The smallest absolute Gasteiger partial charge is 0.338 e. The Hall–Kier alpha value is -3.50. The van der Waals surface area contributed by atoms with E-state index in [1.807, 2.05) is 37.3 Å². The predicted molar refractivity (Wildman–Crippen MR) is 145 cm³/mol. The maximum Gasteiger partial charge on any atom is 0.338 e. The highest BCUT2D eigenvalue weighted by molar-refractivity contribution is 9.10. The zero-order chi connectivity index (χ0) is 26.4. The lowest BCUT2D eigenvalue weighted by atomic mass is 9.96. The Morgan fingerprint density at radius 2 is 1.86 bits per heavy atom. The molecule has 3 heterocycles. The topological polar surface area (TPSA) is 90.2 Å². The van der Waals surface area contributed by atoms with Gasteiger partial charge in [-0.3, -0.25) is 14.2 Å². The highest BCUT2D eigenvalue weighted by atomic mass is 79.9. The van der Waals surface area contributed by atoms with Crippen LogP contribution in [0, 0.1) is 0 Å². The quantitative estimate of drug-likeness (QED) is 0.431. The van der Waals surface area contributed by atoms with Gasteiger partial charge in [0.15, 0.2) is 4.80 Å². The summed E-state index contributed by atoms with van der Waals surface area (Å²) in [7, 11) is 1.57. The number of aromatic nitrogens is 1. The normalized spacial score (nSPS) is 17.9. The number of nitrogens with zero attached hydrogens (tertiary/aromatic N) is 3. The minimum atomic E-state index is -0.767. The number of carbonyl (C=O) groups excluding carboxylic acids is 2. The number of allylic oxidation sites excluding steroid dienone is 1. The number of hydrogen-bond acceptors (Lipinski definition) is 7. The van der Waals surface area contributed by atoms with Crippen molar-refractivity contribution in [2.75, 3.05) is 25.2 Å². The lowest BCUT2D eigenvalue weighted by molar-refractivity contribution is -0.139. The number of hydrogen-bond donors (Lipinski definition) is 0. The average molecular weight is 582 g/mol. The molecule has 1 aromatic heterocycles. The van der Waals surface area contributed by atoms with Crippen LogP contribution in [0.1, 0.15) is 37.9 Å². The SMILES string of the molecule is CCOC(=O)C1=C(C)N=c2s/c(=C3/C(=O)N(CC)c4ccc(Br)cc43)c(=O)n2[C@@H]1c1ccc(OC)cc1. The number of esters is 1. The van der Waals surface area contributed by atoms with Gasteiger partial charge in [-0.05, 0) is 56.7 Å². The first-order valence-electron chi connectivity index (χ1n) is 11.8. The number of thiazole rings is 1. The fourth-order valence-electron chi connectivity index (χ4n) is 4.78. The number of benzene rings is 2. The van der Waals surface area contributed by atoms with Crippen LogP contribution in [0.4, 0.5) is 5.69 Å². The van der Waals surface area contributed by atoms with E-state index < -0.39 is 12.0 Å². The van der Waals surface area contributed by atoms with Gasteiger partial charge < -0.3 is 14.4 Å². The molecule has 2 aliphatic rings. The molecule has 5 rings (SSSR count). The molecule has 0 saturated heterocycles. The summed E-state index contributed by atoms with van der Waals surface area (Å²) in [6.45, 7) is 6.01. The zero-order valence-electron chi connectivity index (χ0n) is 20.7. The van der Waals surface area contributed by atoms with Crippen molar-refractivity contribution < 1.29 is 19.1 Å². The molecule has 0 bridgehead atoms. The number of halogens is 1. The van der Waals surface area contributed by atoms with Crippen LogP contribution in [-0.2, 0) is 14.3 Å². The van der Waals surface area contributed by atoms with E-state index in [9.17, 15) is 14.4 Å². The molecule has 190 valence electrons. The molecule has 1 amide bonds. The first kappa shape index (κ1) is 25.2. The molecule has 10 heteroatoms. The van der Waals surface area contributed by atoms with Crippen molar-refractivity contribution in [3.05, 3.63) is 89.0 Å². The Morgan fingerprint density at radius 3 is 2.51 bits per heavy atom. The molecule has 2 aliphatic heterocycles. The number of amides is 1. The average Bonchev–Trinajstić information content (AvgIpc) is 3.34. The second-order valence-corrected chi connectivity index (χ2v) is 10.4. The third-order valence-corrected chi connectivity index (χ3v) is 7.99. The summed E-state index contributed by atoms with van der Waals surface area (Å²) >= 11 is 4.65. The summed E-state index contributed by atoms with van der Waals surface area (Å²) in [5, 5.41) is 0. The molecule has 0 N–H and O–H groups in total. The van der Waals surface area contributed by atoms with Crippen LogP contribution in [0.15, 0.2) is 68.0 Å². The molecular formula is C27H24BrN3O5S. The van der Waals surface area contributed by atoms with Crippen molar-refractivity contribution >= 4 is 50.4 Å². The molecular weight excluding hydrogens is 558 g/mol. The van der Waals surface area contributed by atoms with Gasteiger partial charge in [-0.2, -0.15) is 0 Å². The van der Waals surface area contributed by atoms with E-state index in [1.54, 1.807) is 38.0 Å². The Morgan fingerprint density at radius 1 is 1.14 bits per heavy atom. The maximum atomic E-state index is 14.1. The van der Waals surface area contributed by atoms with Gasteiger partial charge in [-0.25, -0.2) is 9.79 Å². The number of carbonyl (C=O) groups is 2. The van der Waals surface area contributed by atoms with Crippen molar-refractivity contribution in [3.63, 3.8) is 0 Å². The standard InChI is InChI=1S/C27H24BrN3O5S/c1-5-30-19-12-9-16(28)13-18(19)21(24(30)32)23-25(33)31-22(15-7-10-17(35-4)11-8-15)20(26(34)36-6-2)14(3)29-27(31)37-23/h7-13,22H,5-6H2,1-4H3/b23-21+/t22-/m1/s1. The van der Waals surface area contributed by atoms with Crippen LogP contribution in [0.25, 0.3) is 5.57 Å². The molecule has 0 radical (unpaired) electrons. The van der Waals surface area contributed by atoms with Crippen molar-refractivity contribution in [2.24, 2.45) is 4.99 Å². The molecule has 0 fully saturated rings. The fourth-order valence-corrected chi connectivity index (χ4v) is 6.28. The van der Waals surface area contributed by atoms with Gasteiger partial charge in [-0.1, -0.05) is 39.4 Å². The highest BCUT2D eigenvalue weighted by Gasteiger charge is 2.37. The van der Waals surface area contributed by atoms with Crippen LogP contribution < -0.4 is 24.5 Å². The second-order valence-electron chi connectivity index (χ2n) is 8.48. The molecule has 0 aliphatic carbocycles. The first-order chi connectivity index (χ1) is 17.8. The van der Waals surface area contributed by atoms with E-state index >= 15 is 0 Å². The van der Waals surface area contributed by atoms with Gasteiger partial charge in [0.05, 0.1) is 42.3 Å². The Kier molecular flexibility index (Phi) is 6.63. The molecule has 37 heavy (non-hydrogen) atoms. The van der Waals surface area contributed by atoms with Gasteiger partial charge >= 0.3 is 5.97 Å². The summed E-state index contributed by atoms with van der Waals surface area (Å²) in [5.41, 5.74) is 2.85. The lowest BCUT2D eigenvalue weighted by Gasteiger charge is -2.24. The molecule has 0 saturated carbocycles. The Balaban J connectivity index is 1.82. The molecule has 0 unspecified atom stereocenters. The van der Waals surface area contributed by atoms with Gasteiger partial charge in [0.1, 0.15) is 10.3 Å². The lowest BCUT2D eigenvalue weighted by Crippen LogP contribution is -2.41. The van der Waals surface area contributed by atoms with Crippen molar-refractivity contribution in [2.45, 2.75) is 26.8 Å². The van der Waals surface area contributed by atoms with E-state index in [4.69, 9.17) is 9.47 Å². The summed E-state index contributed by atoms with van der Waals surface area (Å²) < 4.78 is 13.2. The van der Waals surface area contributed by atoms with Crippen molar-refractivity contribution in [1.82, 2.24) is 4.57 Å². The number of anilines is 1. The monoisotopic (exact) mass is 581 g/mol. The highest BCUT2D eigenvalue weighted by Crippen LogP contribution is 2.37. The molecule has 3 aromatic rings. The van der Waals surface area contributed by atoms with Crippen LogP contribution in [0.5, 0.6) is 5.75 Å². The summed E-state index contributed by atoms with van der Waals surface area (Å²) in [4.78, 5) is 47.4. The molecule has 8 nitrogen and oxygen atoms in total. The molecule has 2 aromatic carbocycles. The summed E-state index contributed by atoms with van der Waals surface area (Å²) in [5.74, 6) is -0.121. The third kappa shape index (κ3) is 4.04. The van der Waals surface area contributed by atoms with Crippen molar-refractivity contribution in [3.8, 4) is 5.75 Å². The van der Waals surface area contributed by atoms with E-state index in [2.05, 4.69) is 20.9 Å². The van der Waals surface area contributed by atoms with Gasteiger partial charge in [0.2, 0.25) is 0 Å². The summed E-state index contributed by atoms with van der Waals surface area (Å²) in [6, 6.07) is 12.0. The number of fused-ring (bicyclic) bond motifs is 2. The largest absolute Gasteiger partial charge is 0.497 e. The Bertz CT molecular complexity index is 1650. The van der Waals surface area contributed by atoms with Gasteiger partial charge in [0, 0.05) is 16.6 Å². The fraction of sp³-hybridized carbons (Fsp3) is 0.259. The number of ether oxygens (including phenoxy) is 2. The van der Waals surface area contributed by atoms with Gasteiger partial charge in [0.25, 0.3) is 11.5 Å². The van der Waals surface area contributed by atoms with Crippen LogP contribution in [0.2, 0.25) is 0 Å². The minimum Gasteiger partial charge on any atom is -0.497 e. The number of rotatable bonds is 5. The molecule has 1 atom stereocenters. The van der Waals surface area contributed by atoms with E-state index in [0.717, 1.165) is 21.5 Å². The zero-order valence-corrected chi connectivity index (χ0v) is 23.1. The van der Waals surface area contributed by atoms with E-state index in [1.165, 1.54) is 4.57 Å². The molecule has 0 spiro atoms. The van der Waals surface area contributed by atoms with Crippen molar-refractivity contribution in [1.29, 1.82) is 0 Å². The first-order valence-corrected chi connectivity index (χ1v) is 13.4. The van der Waals surface area contributed by atoms with Crippen LogP contribution in [0.3, 0.4) is 0 Å². The van der Waals surface area contributed by atoms with E-state index in [-0.39, 0.29) is 28.2 Å². The summed E-state index contributed by atoms with van der Waals surface area (Å²) in [6.07, 6.45) is 0. The number of methoxy groups -OCH3 is 1. The maximum absolute atomic E-state index is 14.1. The van der Waals surface area contributed by atoms with Crippen LogP contribution >= 0.6 is 27.3 Å². The minimum absolute atomic E-state index is 0.187. The number of likely N-dealkylation sites (N-methyl/N-ethyl adjacent to an activating group) is 1.